The molecule has 0 spiro atoms. The number of fused-ring (bicyclic) bond motifs is 1. The molecule has 0 unspecified atom stereocenters. The van der Waals surface area contributed by atoms with Gasteiger partial charge in [-0.25, -0.2) is 4.79 Å². The maximum absolute atomic E-state index is 12.9. The highest BCUT2D eigenvalue weighted by Gasteiger charge is 2.58. The second-order valence-electron chi connectivity index (χ2n) is 9.34. The van der Waals surface area contributed by atoms with Crippen molar-refractivity contribution in [3.63, 3.8) is 0 Å². The average molecular weight is 513 g/mol. The Bertz CT molecular complexity index is 962. The number of aliphatic hydroxyl groups excluding tert-OH is 4. The topological polar surface area (TPSA) is 174 Å². The predicted molar refractivity (Wildman–Crippen MR) is 120 cm³/mol. The van der Waals surface area contributed by atoms with Gasteiger partial charge in [-0.05, 0) is 31.2 Å². The van der Waals surface area contributed by atoms with E-state index >= 15 is 0 Å². The summed E-state index contributed by atoms with van der Waals surface area (Å²) in [6.45, 7) is 0.940. The van der Waals surface area contributed by atoms with Crippen LogP contribution in [0.4, 0.5) is 0 Å². The number of aliphatic hydroxyl groups is 5. The van der Waals surface area contributed by atoms with E-state index in [2.05, 4.69) is 0 Å². The highest BCUT2D eigenvalue weighted by Crippen LogP contribution is 2.48. The van der Waals surface area contributed by atoms with Crippen molar-refractivity contribution in [1.29, 1.82) is 0 Å². The first kappa shape index (κ1) is 26.6. The molecule has 200 valence electrons. The third kappa shape index (κ3) is 4.90. The standard InChI is InChI=1S/C24H32O12/c1-24(30)9-15(34-21(29)11-4-5-13(31-2)14(8-11)32-3)12-6-7-33-22(17(12)24)36-23-20(28)19(27)18(26)16(10-25)35-23/h4-8,12,15-20,22-23,25-28,30H,9-10H2,1-3H3/t12-,15+,16+,17+,18+,19-,20+,22-,23-,24-/m0/s1. The molecule has 36 heavy (non-hydrogen) atoms. The van der Waals surface area contributed by atoms with Crippen molar-refractivity contribution in [2.45, 2.75) is 62.0 Å². The fourth-order valence-corrected chi connectivity index (χ4v) is 5.06. The minimum atomic E-state index is -1.64. The van der Waals surface area contributed by atoms with Crippen LogP contribution in [0.3, 0.4) is 0 Å². The van der Waals surface area contributed by atoms with Gasteiger partial charge in [-0.15, -0.1) is 0 Å². The number of benzene rings is 1. The van der Waals surface area contributed by atoms with Crippen LogP contribution < -0.4 is 9.47 Å². The third-order valence-electron chi connectivity index (χ3n) is 6.98. The number of methoxy groups -OCH3 is 2. The van der Waals surface area contributed by atoms with Gasteiger partial charge in [-0.2, -0.15) is 0 Å². The van der Waals surface area contributed by atoms with E-state index in [-0.39, 0.29) is 12.0 Å². The van der Waals surface area contributed by atoms with Gasteiger partial charge in [-0.3, -0.25) is 0 Å². The molecule has 1 saturated heterocycles. The third-order valence-corrected chi connectivity index (χ3v) is 6.98. The van der Waals surface area contributed by atoms with E-state index in [0.717, 1.165) is 0 Å². The summed E-state index contributed by atoms with van der Waals surface area (Å²) in [5, 5.41) is 51.0. The highest BCUT2D eigenvalue weighted by molar-refractivity contribution is 5.90. The molecule has 0 radical (unpaired) electrons. The van der Waals surface area contributed by atoms with Gasteiger partial charge in [-0.1, -0.05) is 0 Å². The molecule has 1 aromatic rings. The van der Waals surface area contributed by atoms with E-state index in [1.54, 1.807) is 25.1 Å². The second-order valence-corrected chi connectivity index (χ2v) is 9.34. The Morgan fingerprint density at radius 1 is 1.08 bits per heavy atom. The average Bonchev–Trinajstić information content (AvgIpc) is 3.13. The summed E-state index contributed by atoms with van der Waals surface area (Å²) in [5.41, 5.74) is -1.17. The Morgan fingerprint density at radius 3 is 2.47 bits per heavy atom. The van der Waals surface area contributed by atoms with Crippen molar-refractivity contribution < 1.29 is 58.7 Å². The van der Waals surface area contributed by atoms with Crippen LogP contribution in [0, 0.1) is 11.8 Å². The molecule has 0 amide bonds. The number of carbonyl (C=O) groups excluding carboxylic acids is 1. The molecule has 3 aliphatic rings. The SMILES string of the molecule is COc1ccc(C(=O)O[C@@H]2C[C@](C)(O)[C@H]3[C@H](O[C@@H]4O[C@H](CO)[C@@H](O)[C@H](O)[C@H]4O)OC=C[C@H]32)cc1OC. The zero-order chi connectivity index (χ0) is 26.2. The lowest BCUT2D eigenvalue weighted by atomic mass is 9.85. The first-order chi connectivity index (χ1) is 17.1. The van der Waals surface area contributed by atoms with Crippen LogP contribution in [0.25, 0.3) is 0 Å². The van der Waals surface area contributed by atoms with Crippen LogP contribution in [0.2, 0.25) is 0 Å². The van der Waals surface area contributed by atoms with Gasteiger partial charge in [0.25, 0.3) is 0 Å². The van der Waals surface area contributed by atoms with Crippen molar-refractivity contribution in [2.75, 3.05) is 20.8 Å². The van der Waals surface area contributed by atoms with Gasteiger partial charge in [0, 0.05) is 12.3 Å². The Labute approximate surface area is 207 Å². The molecule has 1 aromatic carbocycles. The maximum atomic E-state index is 12.9. The Kier molecular flexibility index (Phi) is 7.76. The van der Waals surface area contributed by atoms with Crippen LogP contribution in [0.1, 0.15) is 23.7 Å². The summed E-state index contributed by atoms with van der Waals surface area (Å²) in [4.78, 5) is 12.9. The van der Waals surface area contributed by atoms with E-state index in [9.17, 15) is 30.3 Å². The Hall–Kier alpha value is -2.45. The number of ether oxygens (including phenoxy) is 6. The second kappa shape index (κ2) is 10.5. The number of carbonyl (C=O) groups is 1. The highest BCUT2D eigenvalue weighted by atomic mass is 16.8. The van der Waals surface area contributed by atoms with Gasteiger partial charge >= 0.3 is 5.97 Å². The summed E-state index contributed by atoms with van der Waals surface area (Å²) in [6, 6.07) is 4.62. The van der Waals surface area contributed by atoms with E-state index in [1.807, 2.05) is 0 Å². The molecule has 0 aromatic heterocycles. The number of rotatable bonds is 7. The lowest BCUT2D eigenvalue weighted by molar-refractivity contribution is -0.346. The smallest absolute Gasteiger partial charge is 0.338 e. The van der Waals surface area contributed by atoms with Gasteiger partial charge in [0.2, 0.25) is 6.29 Å². The molecule has 5 N–H and O–H groups in total. The van der Waals surface area contributed by atoms with Crippen molar-refractivity contribution >= 4 is 5.97 Å². The zero-order valence-corrected chi connectivity index (χ0v) is 20.1. The summed E-state index contributed by atoms with van der Waals surface area (Å²) < 4.78 is 33.0. The van der Waals surface area contributed by atoms with E-state index in [1.165, 1.54) is 26.5 Å². The molecule has 2 fully saturated rings. The van der Waals surface area contributed by atoms with Crippen LogP contribution >= 0.6 is 0 Å². The Balaban J connectivity index is 1.49. The van der Waals surface area contributed by atoms with Crippen molar-refractivity contribution in [1.82, 2.24) is 0 Å². The van der Waals surface area contributed by atoms with Gasteiger partial charge in [0.1, 0.15) is 30.5 Å². The van der Waals surface area contributed by atoms with Crippen molar-refractivity contribution in [2.24, 2.45) is 11.8 Å². The summed E-state index contributed by atoms with van der Waals surface area (Å²) in [7, 11) is 2.94. The van der Waals surface area contributed by atoms with Crippen molar-refractivity contribution in [3.05, 3.63) is 36.1 Å². The number of esters is 1. The molecule has 10 atom stereocenters. The molecule has 2 heterocycles. The molecule has 12 heteroatoms. The van der Waals surface area contributed by atoms with Crippen LogP contribution in [0.15, 0.2) is 30.5 Å². The molecule has 1 saturated carbocycles. The summed E-state index contributed by atoms with van der Waals surface area (Å²) in [6.07, 6.45) is -6.24. The normalized spacial score (nSPS) is 39.7. The largest absolute Gasteiger partial charge is 0.493 e. The quantitative estimate of drug-likeness (QED) is 0.291. The molecule has 2 aliphatic heterocycles. The first-order valence-electron chi connectivity index (χ1n) is 11.5. The van der Waals surface area contributed by atoms with E-state index < -0.39 is 73.1 Å². The number of hydrogen-bond donors (Lipinski definition) is 5. The first-order valence-corrected chi connectivity index (χ1v) is 11.5. The fraction of sp³-hybridized carbons (Fsp3) is 0.625. The fourth-order valence-electron chi connectivity index (χ4n) is 5.06. The predicted octanol–water partition coefficient (Wildman–Crippen LogP) is -0.697. The monoisotopic (exact) mass is 512 g/mol. The molecular formula is C24H32O12. The maximum Gasteiger partial charge on any atom is 0.338 e. The summed E-state index contributed by atoms with van der Waals surface area (Å²) in [5.74, 6) is -1.05. The van der Waals surface area contributed by atoms with Crippen molar-refractivity contribution in [3.8, 4) is 11.5 Å². The molecule has 12 nitrogen and oxygen atoms in total. The lowest BCUT2D eigenvalue weighted by Crippen LogP contribution is -2.60. The van der Waals surface area contributed by atoms with E-state index in [4.69, 9.17) is 28.4 Å². The number of hydrogen-bond acceptors (Lipinski definition) is 12. The van der Waals surface area contributed by atoms with E-state index in [0.29, 0.717) is 11.5 Å². The minimum Gasteiger partial charge on any atom is -0.493 e. The van der Waals surface area contributed by atoms with Crippen LogP contribution in [-0.2, 0) is 18.9 Å². The summed E-state index contributed by atoms with van der Waals surface area (Å²) >= 11 is 0. The molecule has 1 aliphatic carbocycles. The molecule has 4 rings (SSSR count). The van der Waals surface area contributed by atoms with Gasteiger partial charge in [0.15, 0.2) is 17.8 Å². The molecular weight excluding hydrogens is 480 g/mol. The Morgan fingerprint density at radius 2 is 1.81 bits per heavy atom. The minimum absolute atomic E-state index is 0.0730. The van der Waals surface area contributed by atoms with Crippen LogP contribution in [0.5, 0.6) is 11.5 Å². The molecule has 0 bridgehead atoms. The zero-order valence-electron chi connectivity index (χ0n) is 20.1. The van der Waals surface area contributed by atoms with Crippen LogP contribution in [-0.4, -0.2) is 101 Å². The van der Waals surface area contributed by atoms with Gasteiger partial charge < -0.3 is 54.0 Å². The van der Waals surface area contributed by atoms with Gasteiger partial charge in [0.05, 0.1) is 44.2 Å². The lowest BCUT2D eigenvalue weighted by Gasteiger charge is -2.43.